The predicted molar refractivity (Wildman–Crippen MR) is 74.4 cm³/mol. The molecule has 1 fully saturated rings. The lowest BCUT2D eigenvalue weighted by Gasteiger charge is -2.12. The number of hydrogen-bond donors (Lipinski definition) is 1. The monoisotopic (exact) mass is 244 g/mol. The summed E-state index contributed by atoms with van der Waals surface area (Å²) in [6.07, 6.45) is 1.24. The van der Waals surface area contributed by atoms with E-state index in [2.05, 4.69) is 36.0 Å². The summed E-state index contributed by atoms with van der Waals surface area (Å²) in [5, 5.41) is 4.80. The van der Waals surface area contributed by atoms with E-state index in [1.54, 1.807) is 7.11 Å². The van der Waals surface area contributed by atoms with Gasteiger partial charge in [0.2, 0.25) is 0 Å². The second-order valence-electron chi connectivity index (χ2n) is 5.14. The van der Waals surface area contributed by atoms with Crippen LogP contribution < -0.4 is 10.1 Å². The molecule has 2 aromatic rings. The second kappa shape index (κ2) is 4.32. The van der Waals surface area contributed by atoms with E-state index < -0.39 is 0 Å². The molecule has 1 atom stereocenters. The zero-order valence-electron chi connectivity index (χ0n) is 11.3. The zero-order valence-corrected chi connectivity index (χ0v) is 11.3. The van der Waals surface area contributed by atoms with Crippen LogP contribution in [0.2, 0.25) is 0 Å². The summed E-state index contributed by atoms with van der Waals surface area (Å²) in [7, 11) is 3.89. The Morgan fingerprint density at radius 2 is 2.22 bits per heavy atom. The Morgan fingerprint density at radius 3 is 2.89 bits per heavy atom. The van der Waals surface area contributed by atoms with E-state index in [9.17, 15) is 0 Å². The van der Waals surface area contributed by atoms with E-state index in [1.807, 2.05) is 6.07 Å². The van der Waals surface area contributed by atoms with E-state index >= 15 is 0 Å². The van der Waals surface area contributed by atoms with Crippen molar-refractivity contribution < 1.29 is 4.74 Å². The molecule has 1 unspecified atom stereocenters. The molecule has 1 aliphatic heterocycles. The molecule has 0 radical (unpaired) electrons. The van der Waals surface area contributed by atoms with Gasteiger partial charge in [0.15, 0.2) is 0 Å². The van der Waals surface area contributed by atoms with E-state index in [0.29, 0.717) is 5.92 Å². The summed E-state index contributed by atoms with van der Waals surface area (Å²) in [4.78, 5) is 0. The molecule has 0 aliphatic carbocycles. The fourth-order valence-corrected chi connectivity index (χ4v) is 3.22. The first-order chi connectivity index (χ1) is 8.72. The summed E-state index contributed by atoms with van der Waals surface area (Å²) in [5.74, 6) is 1.58. The van der Waals surface area contributed by atoms with Gasteiger partial charge >= 0.3 is 0 Å². The van der Waals surface area contributed by atoms with Crippen LogP contribution in [0.15, 0.2) is 18.2 Å². The Labute approximate surface area is 108 Å². The van der Waals surface area contributed by atoms with Gasteiger partial charge in [0.05, 0.1) is 12.6 Å². The molecule has 1 aromatic carbocycles. The summed E-state index contributed by atoms with van der Waals surface area (Å²) < 4.78 is 7.66. The van der Waals surface area contributed by atoms with Crippen LogP contribution in [0.3, 0.4) is 0 Å². The van der Waals surface area contributed by atoms with Gasteiger partial charge in [-0.1, -0.05) is 0 Å². The fourth-order valence-electron chi connectivity index (χ4n) is 3.22. The topological polar surface area (TPSA) is 26.2 Å². The molecule has 1 N–H and O–H groups in total. The quantitative estimate of drug-likeness (QED) is 0.878. The molecule has 1 saturated heterocycles. The Morgan fingerprint density at radius 1 is 1.39 bits per heavy atom. The van der Waals surface area contributed by atoms with E-state index in [1.165, 1.54) is 28.6 Å². The van der Waals surface area contributed by atoms with Gasteiger partial charge in [0.1, 0.15) is 5.75 Å². The minimum absolute atomic E-state index is 0.647. The number of nitrogens with one attached hydrogen (secondary N) is 1. The highest BCUT2D eigenvalue weighted by Gasteiger charge is 2.23. The van der Waals surface area contributed by atoms with Crippen LogP contribution in [0.1, 0.15) is 23.6 Å². The van der Waals surface area contributed by atoms with Crippen LogP contribution in [0, 0.1) is 6.92 Å². The number of hydrogen-bond acceptors (Lipinski definition) is 2. The average Bonchev–Trinajstić information content (AvgIpc) is 2.98. The van der Waals surface area contributed by atoms with Crippen molar-refractivity contribution in [1.29, 1.82) is 0 Å². The van der Waals surface area contributed by atoms with Gasteiger partial charge in [-0.05, 0) is 37.6 Å². The molecule has 1 aromatic heterocycles. The normalized spacial score (nSPS) is 19.6. The molecule has 18 heavy (non-hydrogen) atoms. The maximum Gasteiger partial charge on any atom is 0.120 e. The lowest BCUT2D eigenvalue weighted by Crippen LogP contribution is -2.11. The zero-order chi connectivity index (χ0) is 12.7. The van der Waals surface area contributed by atoms with E-state index in [-0.39, 0.29) is 0 Å². The molecular weight excluding hydrogens is 224 g/mol. The molecule has 1 aliphatic rings. The maximum absolute atomic E-state index is 5.33. The lowest BCUT2D eigenvalue weighted by atomic mass is 10.0. The summed E-state index contributed by atoms with van der Waals surface area (Å²) in [6.45, 7) is 4.47. The van der Waals surface area contributed by atoms with Crippen LogP contribution in [0.4, 0.5) is 0 Å². The number of fused-ring (bicyclic) bond motifs is 1. The van der Waals surface area contributed by atoms with Crippen LogP contribution >= 0.6 is 0 Å². The molecule has 3 rings (SSSR count). The third kappa shape index (κ3) is 1.62. The van der Waals surface area contributed by atoms with Gasteiger partial charge in [-0.3, -0.25) is 0 Å². The number of ether oxygens (including phenoxy) is 1. The number of methoxy groups -OCH3 is 1. The second-order valence-corrected chi connectivity index (χ2v) is 5.14. The minimum atomic E-state index is 0.647. The predicted octanol–water partition coefficient (Wildman–Crippen LogP) is 2.57. The number of aromatic nitrogens is 1. The molecular formula is C15H20N2O. The Hall–Kier alpha value is -1.48. The highest BCUT2D eigenvalue weighted by molar-refractivity contribution is 5.86. The number of nitrogens with zero attached hydrogens (tertiary/aromatic N) is 1. The van der Waals surface area contributed by atoms with Crippen LogP contribution in [-0.2, 0) is 7.05 Å². The summed E-state index contributed by atoms with van der Waals surface area (Å²) in [5.41, 5.74) is 4.17. The smallest absolute Gasteiger partial charge is 0.120 e. The first-order valence-corrected chi connectivity index (χ1v) is 6.56. The summed E-state index contributed by atoms with van der Waals surface area (Å²) >= 11 is 0. The van der Waals surface area contributed by atoms with Gasteiger partial charge in [0.25, 0.3) is 0 Å². The number of rotatable bonds is 2. The highest BCUT2D eigenvalue weighted by atomic mass is 16.5. The van der Waals surface area contributed by atoms with Crippen LogP contribution in [0.5, 0.6) is 5.75 Å². The van der Waals surface area contributed by atoms with Gasteiger partial charge in [-0.15, -0.1) is 0 Å². The van der Waals surface area contributed by atoms with Crippen LogP contribution in [-0.4, -0.2) is 24.8 Å². The molecule has 0 saturated carbocycles. The van der Waals surface area contributed by atoms with E-state index in [0.717, 1.165) is 18.8 Å². The molecule has 0 bridgehead atoms. The Bertz CT molecular complexity index is 580. The van der Waals surface area contributed by atoms with Crippen molar-refractivity contribution in [3.63, 3.8) is 0 Å². The van der Waals surface area contributed by atoms with Gasteiger partial charge in [-0.2, -0.15) is 0 Å². The Kier molecular flexibility index (Phi) is 2.78. The molecule has 0 spiro atoms. The van der Waals surface area contributed by atoms with Crippen molar-refractivity contribution in [3.05, 3.63) is 29.5 Å². The van der Waals surface area contributed by atoms with E-state index in [4.69, 9.17) is 4.74 Å². The standard InChI is InChI=1S/C15H20N2O/c1-10-13-5-4-12(18-3)8-14(13)17(2)15(10)11-6-7-16-9-11/h4-5,8,11,16H,6-7,9H2,1-3H3. The molecule has 96 valence electrons. The molecule has 3 nitrogen and oxygen atoms in total. The van der Waals surface area contributed by atoms with Crippen LogP contribution in [0.25, 0.3) is 10.9 Å². The third-order valence-corrected chi connectivity index (χ3v) is 4.16. The minimum Gasteiger partial charge on any atom is -0.497 e. The fraction of sp³-hybridized carbons (Fsp3) is 0.467. The van der Waals surface area contributed by atoms with Crippen molar-refractivity contribution in [3.8, 4) is 5.75 Å². The van der Waals surface area contributed by atoms with Crippen molar-refractivity contribution in [1.82, 2.24) is 9.88 Å². The summed E-state index contributed by atoms with van der Waals surface area (Å²) in [6, 6.07) is 6.36. The third-order valence-electron chi connectivity index (χ3n) is 4.16. The first-order valence-electron chi connectivity index (χ1n) is 6.56. The Balaban J connectivity index is 2.20. The SMILES string of the molecule is COc1ccc2c(C)c(C3CCNC3)n(C)c2c1. The molecule has 0 amide bonds. The van der Waals surface area contributed by atoms with Gasteiger partial charge < -0.3 is 14.6 Å². The van der Waals surface area contributed by atoms with Crippen molar-refractivity contribution in [2.75, 3.05) is 20.2 Å². The van der Waals surface area contributed by atoms with Crippen molar-refractivity contribution in [2.45, 2.75) is 19.3 Å². The molecule has 3 heteroatoms. The number of aryl methyl sites for hydroxylation is 2. The average molecular weight is 244 g/mol. The first kappa shape index (κ1) is 11.6. The lowest BCUT2D eigenvalue weighted by molar-refractivity contribution is 0.415. The largest absolute Gasteiger partial charge is 0.497 e. The number of benzene rings is 1. The maximum atomic E-state index is 5.33. The highest BCUT2D eigenvalue weighted by Crippen LogP contribution is 2.34. The van der Waals surface area contributed by atoms with Crippen molar-refractivity contribution >= 4 is 10.9 Å². The van der Waals surface area contributed by atoms with Crippen molar-refractivity contribution in [2.24, 2.45) is 7.05 Å². The van der Waals surface area contributed by atoms with Gasteiger partial charge in [-0.25, -0.2) is 0 Å². The van der Waals surface area contributed by atoms with Gasteiger partial charge in [0, 0.05) is 36.7 Å². The molecule has 2 heterocycles.